The number of Topliss-reactive ketones (excluding diaryl/α,β-unsaturated/α-hetero) is 1. The Balaban J connectivity index is 0.000000671. The molecule has 0 aromatic heterocycles. The molecule has 0 spiro atoms. The Hall–Kier alpha value is -1.18. The molecule has 0 amide bonds. The number of rotatable bonds is 2. The standard InChI is InChI=1S/C9H9FO.C2H6/c1-2-9(11)7-5-3-4-6-8(7)10;1-2/h3-6H,2H2,1H3;1-2H3. The van der Waals surface area contributed by atoms with Crippen molar-refractivity contribution in [2.75, 3.05) is 0 Å². The van der Waals surface area contributed by atoms with Crippen molar-refractivity contribution in [2.45, 2.75) is 27.2 Å². The van der Waals surface area contributed by atoms with E-state index in [1.54, 1.807) is 19.1 Å². The maximum atomic E-state index is 12.8. The second-order valence-corrected chi connectivity index (χ2v) is 2.26. The third kappa shape index (κ3) is 3.36. The summed E-state index contributed by atoms with van der Waals surface area (Å²) in [5.74, 6) is -0.581. The first-order valence-corrected chi connectivity index (χ1v) is 4.53. The van der Waals surface area contributed by atoms with Crippen LogP contribution in [0.25, 0.3) is 0 Å². The van der Waals surface area contributed by atoms with Crippen molar-refractivity contribution in [3.8, 4) is 0 Å². The van der Waals surface area contributed by atoms with Gasteiger partial charge in [-0.3, -0.25) is 4.79 Å². The lowest BCUT2D eigenvalue weighted by molar-refractivity contribution is 0.0984. The second-order valence-electron chi connectivity index (χ2n) is 2.26. The minimum atomic E-state index is -0.431. The minimum absolute atomic E-state index is 0.150. The van der Waals surface area contributed by atoms with Gasteiger partial charge in [0.1, 0.15) is 5.82 Å². The van der Waals surface area contributed by atoms with Crippen LogP contribution in [-0.4, -0.2) is 5.78 Å². The predicted molar refractivity (Wildman–Crippen MR) is 52.4 cm³/mol. The fourth-order valence-corrected chi connectivity index (χ4v) is 0.878. The first-order valence-electron chi connectivity index (χ1n) is 4.53. The van der Waals surface area contributed by atoms with Gasteiger partial charge in [0.2, 0.25) is 0 Å². The summed E-state index contributed by atoms with van der Waals surface area (Å²) < 4.78 is 12.8. The number of ketones is 1. The Kier molecular flexibility index (Phi) is 5.77. The average Bonchev–Trinajstić information content (AvgIpc) is 2.20. The number of hydrogen-bond acceptors (Lipinski definition) is 1. The first kappa shape index (κ1) is 11.8. The van der Waals surface area contributed by atoms with E-state index in [0.717, 1.165) is 0 Å². The van der Waals surface area contributed by atoms with Crippen LogP contribution >= 0.6 is 0 Å². The molecule has 0 atom stereocenters. The first-order chi connectivity index (χ1) is 6.25. The molecule has 2 heteroatoms. The van der Waals surface area contributed by atoms with Gasteiger partial charge in [-0.15, -0.1) is 0 Å². The Morgan fingerprint density at radius 2 is 1.85 bits per heavy atom. The SMILES string of the molecule is CC.CCC(=O)c1ccccc1F. The van der Waals surface area contributed by atoms with Gasteiger partial charge in [0.15, 0.2) is 5.78 Å². The summed E-state index contributed by atoms with van der Waals surface area (Å²) in [6.45, 7) is 5.72. The number of hydrogen-bond donors (Lipinski definition) is 0. The van der Waals surface area contributed by atoms with Crippen LogP contribution < -0.4 is 0 Å². The van der Waals surface area contributed by atoms with Crippen LogP contribution in [0.15, 0.2) is 24.3 Å². The summed E-state index contributed by atoms with van der Waals surface area (Å²) in [5, 5.41) is 0. The Morgan fingerprint density at radius 3 is 2.31 bits per heavy atom. The van der Waals surface area contributed by atoms with E-state index in [-0.39, 0.29) is 11.3 Å². The summed E-state index contributed by atoms with van der Waals surface area (Å²) in [6, 6.07) is 6.03. The lowest BCUT2D eigenvalue weighted by atomic mass is 10.1. The molecule has 0 saturated heterocycles. The lowest BCUT2D eigenvalue weighted by Gasteiger charge is -1.97. The fourth-order valence-electron chi connectivity index (χ4n) is 0.878. The van der Waals surface area contributed by atoms with E-state index in [1.807, 2.05) is 13.8 Å². The van der Waals surface area contributed by atoms with Crippen molar-refractivity contribution >= 4 is 5.78 Å². The van der Waals surface area contributed by atoms with Crippen molar-refractivity contribution < 1.29 is 9.18 Å². The molecule has 0 aliphatic heterocycles. The highest BCUT2D eigenvalue weighted by atomic mass is 19.1. The summed E-state index contributed by atoms with van der Waals surface area (Å²) in [7, 11) is 0. The van der Waals surface area contributed by atoms with E-state index < -0.39 is 5.82 Å². The normalized spacial score (nSPS) is 8.62. The maximum Gasteiger partial charge on any atom is 0.165 e. The van der Waals surface area contributed by atoms with Crippen LogP contribution in [0.2, 0.25) is 0 Å². The molecule has 1 nitrogen and oxygen atoms in total. The molecule has 1 aromatic carbocycles. The largest absolute Gasteiger partial charge is 0.294 e. The van der Waals surface area contributed by atoms with Crippen LogP contribution in [-0.2, 0) is 0 Å². The number of carbonyl (C=O) groups is 1. The van der Waals surface area contributed by atoms with E-state index in [9.17, 15) is 9.18 Å². The molecule has 0 radical (unpaired) electrons. The Bertz CT molecular complexity index is 269. The van der Waals surface area contributed by atoms with E-state index >= 15 is 0 Å². The zero-order chi connectivity index (χ0) is 10.3. The molecule has 0 saturated carbocycles. The molecular weight excluding hydrogens is 167 g/mol. The average molecular weight is 182 g/mol. The summed E-state index contributed by atoms with van der Waals surface area (Å²) in [4.78, 5) is 11.0. The highest BCUT2D eigenvalue weighted by molar-refractivity contribution is 5.96. The van der Waals surface area contributed by atoms with E-state index in [0.29, 0.717) is 6.42 Å². The third-order valence-electron chi connectivity index (χ3n) is 1.50. The summed E-state index contributed by atoms with van der Waals surface area (Å²) in [6.07, 6.45) is 0.348. The van der Waals surface area contributed by atoms with E-state index in [4.69, 9.17) is 0 Å². The highest BCUT2D eigenvalue weighted by Crippen LogP contribution is 2.08. The van der Waals surface area contributed by atoms with Crippen LogP contribution in [0, 0.1) is 5.82 Å². The van der Waals surface area contributed by atoms with Gasteiger partial charge >= 0.3 is 0 Å². The van der Waals surface area contributed by atoms with Crippen molar-refractivity contribution in [3.05, 3.63) is 35.6 Å². The Morgan fingerprint density at radius 1 is 1.31 bits per heavy atom. The molecule has 0 bridgehead atoms. The maximum absolute atomic E-state index is 12.8. The number of carbonyl (C=O) groups excluding carboxylic acids is 1. The zero-order valence-electron chi connectivity index (χ0n) is 8.30. The topological polar surface area (TPSA) is 17.1 Å². The number of benzene rings is 1. The van der Waals surface area contributed by atoms with Crippen molar-refractivity contribution in [1.29, 1.82) is 0 Å². The van der Waals surface area contributed by atoms with E-state index in [2.05, 4.69) is 0 Å². The van der Waals surface area contributed by atoms with Crippen LogP contribution in [0.3, 0.4) is 0 Å². The predicted octanol–water partition coefficient (Wildman–Crippen LogP) is 3.44. The monoisotopic (exact) mass is 182 g/mol. The van der Waals surface area contributed by atoms with Gasteiger partial charge in [-0.05, 0) is 12.1 Å². The van der Waals surface area contributed by atoms with Crippen LogP contribution in [0.5, 0.6) is 0 Å². The van der Waals surface area contributed by atoms with Gasteiger partial charge in [0.05, 0.1) is 5.56 Å². The van der Waals surface area contributed by atoms with Crippen molar-refractivity contribution in [2.24, 2.45) is 0 Å². The molecule has 0 fully saturated rings. The lowest BCUT2D eigenvalue weighted by Crippen LogP contribution is -1.99. The molecule has 0 unspecified atom stereocenters. The quantitative estimate of drug-likeness (QED) is 0.640. The molecule has 13 heavy (non-hydrogen) atoms. The van der Waals surface area contributed by atoms with Gasteiger partial charge in [-0.25, -0.2) is 4.39 Å². The highest BCUT2D eigenvalue weighted by Gasteiger charge is 2.06. The van der Waals surface area contributed by atoms with Gasteiger partial charge < -0.3 is 0 Å². The summed E-state index contributed by atoms with van der Waals surface area (Å²) >= 11 is 0. The summed E-state index contributed by atoms with van der Waals surface area (Å²) in [5.41, 5.74) is 0.190. The molecule has 1 rings (SSSR count). The molecule has 0 N–H and O–H groups in total. The number of halogens is 1. The van der Waals surface area contributed by atoms with Crippen molar-refractivity contribution in [3.63, 3.8) is 0 Å². The molecule has 0 aliphatic rings. The molecule has 0 heterocycles. The minimum Gasteiger partial charge on any atom is -0.294 e. The molecule has 1 aromatic rings. The molecular formula is C11H15FO. The smallest absolute Gasteiger partial charge is 0.165 e. The van der Waals surface area contributed by atoms with Gasteiger partial charge in [-0.2, -0.15) is 0 Å². The van der Waals surface area contributed by atoms with Crippen LogP contribution in [0.1, 0.15) is 37.6 Å². The fraction of sp³-hybridized carbons (Fsp3) is 0.364. The van der Waals surface area contributed by atoms with Crippen LogP contribution in [0.4, 0.5) is 4.39 Å². The van der Waals surface area contributed by atoms with Gasteiger partial charge in [-0.1, -0.05) is 32.9 Å². The Labute approximate surface area is 78.6 Å². The zero-order valence-corrected chi connectivity index (χ0v) is 8.30. The molecule has 72 valence electrons. The van der Waals surface area contributed by atoms with E-state index in [1.165, 1.54) is 12.1 Å². The second kappa shape index (κ2) is 6.35. The van der Waals surface area contributed by atoms with Gasteiger partial charge in [0.25, 0.3) is 0 Å². The van der Waals surface area contributed by atoms with Crippen molar-refractivity contribution in [1.82, 2.24) is 0 Å². The third-order valence-corrected chi connectivity index (χ3v) is 1.50. The molecule has 0 aliphatic carbocycles. The van der Waals surface area contributed by atoms with Gasteiger partial charge in [0, 0.05) is 6.42 Å².